The van der Waals surface area contributed by atoms with Crippen molar-refractivity contribution in [1.29, 1.82) is 0 Å². The molecule has 1 N–H and O–H groups in total. The number of rotatable bonds is 8. The highest BCUT2D eigenvalue weighted by atomic mass is 35.5. The van der Waals surface area contributed by atoms with Crippen molar-refractivity contribution in [2.24, 2.45) is 0 Å². The summed E-state index contributed by atoms with van der Waals surface area (Å²) in [6.07, 6.45) is -0.652. The predicted octanol–water partition coefficient (Wildman–Crippen LogP) is 5.05. The van der Waals surface area contributed by atoms with Gasteiger partial charge in [0.15, 0.2) is 0 Å². The average molecular weight is 405 g/mol. The van der Waals surface area contributed by atoms with Crippen LogP contribution >= 0.6 is 23.4 Å². The number of aliphatic hydroxyl groups is 1. The third kappa shape index (κ3) is 5.48. The normalized spacial score (nSPS) is 12.3. The molecule has 1 aromatic heterocycles. The van der Waals surface area contributed by atoms with Crippen LogP contribution in [0.4, 0.5) is 0 Å². The summed E-state index contributed by atoms with van der Waals surface area (Å²) in [7, 11) is 0. The number of aromatic nitrogens is 2. The molecule has 142 valence electrons. The van der Waals surface area contributed by atoms with Crippen molar-refractivity contribution >= 4 is 23.4 Å². The van der Waals surface area contributed by atoms with Crippen LogP contribution in [0, 0.1) is 0 Å². The summed E-state index contributed by atoms with van der Waals surface area (Å²) >= 11 is 7.18. The monoisotopic (exact) mass is 404 g/mol. The van der Waals surface area contributed by atoms with E-state index in [2.05, 4.69) is 24.0 Å². The quantitative estimate of drug-likeness (QED) is 0.530. The fourth-order valence-corrected chi connectivity index (χ4v) is 3.26. The molecule has 0 bridgehead atoms. The number of hydrogen-bond donors (Lipinski definition) is 1. The largest absolute Gasteiger partial charge is 0.491 e. The van der Waals surface area contributed by atoms with Gasteiger partial charge in [0, 0.05) is 16.3 Å². The van der Waals surface area contributed by atoms with Crippen molar-refractivity contribution < 1.29 is 14.3 Å². The molecule has 0 aliphatic rings. The number of benzene rings is 2. The molecule has 0 aliphatic heterocycles. The van der Waals surface area contributed by atoms with E-state index in [-0.39, 0.29) is 6.61 Å². The van der Waals surface area contributed by atoms with E-state index in [0.717, 1.165) is 16.9 Å². The van der Waals surface area contributed by atoms with E-state index in [0.29, 0.717) is 27.8 Å². The Morgan fingerprint density at radius 3 is 2.59 bits per heavy atom. The van der Waals surface area contributed by atoms with Gasteiger partial charge in [-0.05, 0) is 41.8 Å². The number of thioether (sulfide) groups is 1. The van der Waals surface area contributed by atoms with E-state index in [1.54, 1.807) is 12.1 Å². The second-order valence-corrected chi connectivity index (χ2v) is 7.76. The third-order valence-corrected chi connectivity index (χ3v) is 5.08. The number of aliphatic hydroxyl groups excluding tert-OH is 1. The van der Waals surface area contributed by atoms with Crippen molar-refractivity contribution in [3.05, 3.63) is 59.1 Å². The molecule has 0 saturated carbocycles. The zero-order chi connectivity index (χ0) is 19.2. The van der Waals surface area contributed by atoms with Crippen LogP contribution in [-0.4, -0.2) is 33.8 Å². The van der Waals surface area contributed by atoms with Crippen LogP contribution in [0.1, 0.15) is 25.3 Å². The molecule has 1 heterocycles. The van der Waals surface area contributed by atoms with Crippen molar-refractivity contribution in [1.82, 2.24) is 10.2 Å². The molecule has 0 amide bonds. The molecule has 0 unspecified atom stereocenters. The molecule has 0 radical (unpaired) electrons. The Morgan fingerprint density at radius 1 is 1.11 bits per heavy atom. The van der Waals surface area contributed by atoms with E-state index < -0.39 is 6.10 Å². The third-order valence-electron chi connectivity index (χ3n) is 3.87. The van der Waals surface area contributed by atoms with Crippen LogP contribution in [-0.2, 0) is 0 Å². The van der Waals surface area contributed by atoms with Crippen LogP contribution in [0.5, 0.6) is 5.75 Å². The molecule has 3 aromatic rings. The van der Waals surface area contributed by atoms with E-state index in [9.17, 15) is 5.11 Å². The van der Waals surface area contributed by atoms with E-state index >= 15 is 0 Å². The number of para-hydroxylation sites is 1. The summed E-state index contributed by atoms with van der Waals surface area (Å²) in [6, 6.07) is 15.1. The highest BCUT2D eigenvalue weighted by Crippen LogP contribution is 2.27. The van der Waals surface area contributed by atoms with Gasteiger partial charge in [0.25, 0.3) is 5.22 Å². The highest BCUT2D eigenvalue weighted by Gasteiger charge is 2.14. The van der Waals surface area contributed by atoms with Gasteiger partial charge in [-0.3, -0.25) is 0 Å². The van der Waals surface area contributed by atoms with Gasteiger partial charge in [0.1, 0.15) is 12.4 Å². The molecule has 0 aliphatic carbocycles. The summed E-state index contributed by atoms with van der Waals surface area (Å²) in [6.45, 7) is 4.43. The molecule has 3 rings (SSSR count). The predicted molar refractivity (Wildman–Crippen MR) is 108 cm³/mol. The van der Waals surface area contributed by atoms with Crippen LogP contribution in [0.2, 0.25) is 5.02 Å². The van der Waals surface area contributed by atoms with Gasteiger partial charge in [-0.15, -0.1) is 10.2 Å². The van der Waals surface area contributed by atoms with Crippen molar-refractivity contribution in [2.45, 2.75) is 31.1 Å². The lowest BCUT2D eigenvalue weighted by Crippen LogP contribution is -2.20. The Morgan fingerprint density at radius 2 is 1.85 bits per heavy atom. The van der Waals surface area contributed by atoms with Gasteiger partial charge < -0.3 is 14.3 Å². The van der Waals surface area contributed by atoms with Crippen molar-refractivity contribution in [2.75, 3.05) is 12.4 Å². The Bertz CT molecular complexity index is 868. The van der Waals surface area contributed by atoms with E-state index in [1.807, 2.05) is 36.4 Å². The first kappa shape index (κ1) is 19.7. The maximum atomic E-state index is 10.2. The lowest BCUT2D eigenvalue weighted by atomic mass is 10.0. The Labute approximate surface area is 167 Å². The fourth-order valence-electron chi connectivity index (χ4n) is 2.47. The van der Waals surface area contributed by atoms with Gasteiger partial charge >= 0.3 is 0 Å². The van der Waals surface area contributed by atoms with Gasteiger partial charge in [-0.1, -0.05) is 55.4 Å². The second-order valence-electron chi connectivity index (χ2n) is 6.35. The first-order valence-electron chi connectivity index (χ1n) is 8.65. The zero-order valence-corrected chi connectivity index (χ0v) is 16.7. The summed E-state index contributed by atoms with van der Waals surface area (Å²) in [5.74, 6) is 1.98. The zero-order valence-electron chi connectivity index (χ0n) is 15.1. The number of ether oxygens (including phenoxy) is 1. The topological polar surface area (TPSA) is 68.4 Å². The number of halogens is 1. The van der Waals surface area contributed by atoms with Crippen molar-refractivity contribution in [3.8, 4) is 17.2 Å². The molecule has 5 nitrogen and oxygen atoms in total. The molecule has 2 aromatic carbocycles. The molecule has 0 fully saturated rings. The van der Waals surface area contributed by atoms with Gasteiger partial charge in [-0.2, -0.15) is 0 Å². The Kier molecular flexibility index (Phi) is 6.77. The van der Waals surface area contributed by atoms with E-state index in [1.165, 1.54) is 11.8 Å². The summed E-state index contributed by atoms with van der Waals surface area (Å²) in [4.78, 5) is 0. The SMILES string of the molecule is CC(C)c1ccccc1OC[C@@H](O)CSc1nnc(-c2ccc(Cl)cc2)o1. The van der Waals surface area contributed by atoms with Gasteiger partial charge in [-0.25, -0.2) is 0 Å². The summed E-state index contributed by atoms with van der Waals surface area (Å²) in [5, 5.41) is 19.3. The van der Waals surface area contributed by atoms with Gasteiger partial charge in [0.2, 0.25) is 5.89 Å². The molecule has 0 spiro atoms. The Hall–Kier alpha value is -2.02. The standard InChI is InChI=1S/C20H21ClN2O3S/c1-13(2)17-5-3-4-6-18(17)25-11-16(24)12-27-20-23-22-19(26-20)14-7-9-15(21)10-8-14/h3-10,13,16,24H,11-12H2,1-2H3/t16-/m1/s1. The van der Waals surface area contributed by atoms with Crippen molar-refractivity contribution in [3.63, 3.8) is 0 Å². The second kappa shape index (κ2) is 9.26. The first-order chi connectivity index (χ1) is 13.0. The minimum atomic E-state index is -0.652. The molecule has 0 saturated heterocycles. The first-order valence-corrected chi connectivity index (χ1v) is 10.0. The van der Waals surface area contributed by atoms with Crippen LogP contribution in [0.25, 0.3) is 11.5 Å². The molecule has 27 heavy (non-hydrogen) atoms. The average Bonchev–Trinajstić information content (AvgIpc) is 3.14. The highest BCUT2D eigenvalue weighted by molar-refractivity contribution is 7.99. The summed E-state index contributed by atoms with van der Waals surface area (Å²) in [5.41, 5.74) is 1.93. The van der Waals surface area contributed by atoms with Crippen LogP contribution in [0.3, 0.4) is 0 Å². The Balaban J connectivity index is 1.51. The smallest absolute Gasteiger partial charge is 0.276 e. The minimum Gasteiger partial charge on any atom is -0.491 e. The van der Waals surface area contributed by atoms with Crippen LogP contribution < -0.4 is 4.74 Å². The van der Waals surface area contributed by atoms with E-state index in [4.69, 9.17) is 20.8 Å². The number of nitrogens with zero attached hydrogens (tertiary/aromatic N) is 2. The lowest BCUT2D eigenvalue weighted by Gasteiger charge is -2.16. The van der Waals surface area contributed by atoms with Gasteiger partial charge in [0.05, 0.1) is 6.10 Å². The maximum absolute atomic E-state index is 10.2. The number of hydrogen-bond acceptors (Lipinski definition) is 6. The van der Waals surface area contributed by atoms with Crippen LogP contribution in [0.15, 0.2) is 58.2 Å². The fraction of sp³-hybridized carbons (Fsp3) is 0.300. The molecular formula is C20H21ClN2O3S. The lowest BCUT2D eigenvalue weighted by molar-refractivity contribution is 0.125. The molecule has 7 heteroatoms. The minimum absolute atomic E-state index is 0.203. The molecular weight excluding hydrogens is 384 g/mol. The summed E-state index contributed by atoms with van der Waals surface area (Å²) < 4.78 is 11.4. The molecule has 1 atom stereocenters. The maximum Gasteiger partial charge on any atom is 0.276 e.